The number of nitriles is 1. The first-order valence-electron chi connectivity index (χ1n) is 4.87. The van der Waals surface area contributed by atoms with Crippen molar-refractivity contribution < 1.29 is 4.74 Å². The number of allylic oxidation sites excluding steroid dienone is 2. The third kappa shape index (κ3) is 3.14. The highest BCUT2D eigenvalue weighted by Gasteiger charge is 1.99. The third-order valence-electron chi connectivity index (χ3n) is 2.36. The van der Waals surface area contributed by atoms with Crippen LogP contribution in [0.2, 0.25) is 0 Å². The normalized spacial score (nSPS) is 10.9. The van der Waals surface area contributed by atoms with Gasteiger partial charge >= 0.3 is 0 Å². The summed E-state index contributed by atoms with van der Waals surface area (Å²) in [6.45, 7) is 3.87. The van der Waals surface area contributed by atoms with Crippen LogP contribution in [0.3, 0.4) is 0 Å². The molecule has 15 heavy (non-hydrogen) atoms. The second kappa shape index (κ2) is 5.21. The summed E-state index contributed by atoms with van der Waals surface area (Å²) in [5, 5.41) is 8.64. The fraction of sp³-hybridized carbons (Fsp3) is 0.308. The van der Waals surface area contributed by atoms with Crippen LogP contribution in [0.15, 0.2) is 29.8 Å². The van der Waals surface area contributed by atoms with Crippen LogP contribution in [0.25, 0.3) is 0 Å². The molecule has 0 amide bonds. The first-order valence-corrected chi connectivity index (χ1v) is 4.87. The van der Waals surface area contributed by atoms with Crippen molar-refractivity contribution in [1.82, 2.24) is 0 Å². The Bertz CT molecular complexity index is 413. The SMILES string of the molecule is COc1ccc(C)c(C/C=C(/C)C#N)c1. The van der Waals surface area contributed by atoms with Crippen molar-refractivity contribution >= 4 is 0 Å². The second-order valence-corrected chi connectivity index (χ2v) is 3.50. The fourth-order valence-corrected chi connectivity index (χ4v) is 1.30. The topological polar surface area (TPSA) is 33.0 Å². The minimum Gasteiger partial charge on any atom is -0.497 e. The monoisotopic (exact) mass is 201 g/mol. The molecular formula is C13H15NO. The molecule has 1 rings (SSSR count). The van der Waals surface area contributed by atoms with Gasteiger partial charge in [0.15, 0.2) is 0 Å². The van der Waals surface area contributed by atoms with Gasteiger partial charge in [-0.25, -0.2) is 0 Å². The molecule has 0 N–H and O–H groups in total. The van der Waals surface area contributed by atoms with Crippen molar-refractivity contribution in [2.45, 2.75) is 20.3 Å². The van der Waals surface area contributed by atoms with Gasteiger partial charge in [0.05, 0.1) is 13.2 Å². The molecule has 0 aliphatic carbocycles. The van der Waals surface area contributed by atoms with E-state index in [-0.39, 0.29) is 0 Å². The molecule has 0 unspecified atom stereocenters. The van der Waals surface area contributed by atoms with E-state index >= 15 is 0 Å². The highest BCUT2D eigenvalue weighted by molar-refractivity contribution is 5.36. The van der Waals surface area contributed by atoms with E-state index < -0.39 is 0 Å². The van der Waals surface area contributed by atoms with E-state index in [1.807, 2.05) is 31.2 Å². The zero-order chi connectivity index (χ0) is 11.3. The predicted octanol–water partition coefficient (Wildman–Crippen LogP) is 3.02. The van der Waals surface area contributed by atoms with Gasteiger partial charge in [-0.15, -0.1) is 0 Å². The van der Waals surface area contributed by atoms with E-state index in [9.17, 15) is 0 Å². The number of aryl methyl sites for hydroxylation is 1. The smallest absolute Gasteiger partial charge is 0.119 e. The number of methoxy groups -OCH3 is 1. The van der Waals surface area contributed by atoms with Gasteiger partial charge < -0.3 is 4.74 Å². The highest BCUT2D eigenvalue weighted by atomic mass is 16.5. The van der Waals surface area contributed by atoms with E-state index in [1.165, 1.54) is 11.1 Å². The zero-order valence-corrected chi connectivity index (χ0v) is 9.37. The first kappa shape index (κ1) is 11.3. The van der Waals surface area contributed by atoms with Gasteiger partial charge in [0.25, 0.3) is 0 Å². The molecule has 0 atom stereocenters. The van der Waals surface area contributed by atoms with E-state index in [1.54, 1.807) is 7.11 Å². The Balaban J connectivity index is 2.90. The van der Waals surface area contributed by atoms with Gasteiger partial charge in [0, 0.05) is 5.57 Å². The lowest BCUT2D eigenvalue weighted by atomic mass is 10.0. The molecule has 0 aliphatic heterocycles. The Morgan fingerprint density at radius 2 is 2.27 bits per heavy atom. The number of nitrogens with zero attached hydrogens (tertiary/aromatic N) is 1. The van der Waals surface area contributed by atoms with Crippen LogP contribution in [0.1, 0.15) is 18.1 Å². The molecule has 0 heterocycles. The third-order valence-corrected chi connectivity index (χ3v) is 2.36. The van der Waals surface area contributed by atoms with Crippen LogP contribution in [0.5, 0.6) is 5.75 Å². The maximum Gasteiger partial charge on any atom is 0.119 e. The Morgan fingerprint density at radius 1 is 1.53 bits per heavy atom. The summed E-state index contributed by atoms with van der Waals surface area (Å²) in [5.41, 5.74) is 3.17. The van der Waals surface area contributed by atoms with Crippen LogP contribution in [-0.4, -0.2) is 7.11 Å². The average molecular weight is 201 g/mol. The minimum atomic E-state index is 0.747. The highest BCUT2D eigenvalue weighted by Crippen LogP contribution is 2.18. The molecular weight excluding hydrogens is 186 g/mol. The van der Waals surface area contributed by atoms with Crippen molar-refractivity contribution in [1.29, 1.82) is 5.26 Å². The maximum atomic E-state index is 8.64. The summed E-state index contributed by atoms with van der Waals surface area (Å²) in [5.74, 6) is 0.860. The molecule has 0 bridgehead atoms. The van der Waals surface area contributed by atoms with E-state index in [4.69, 9.17) is 10.00 Å². The van der Waals surface area contributed by atoms with Gasteiger partial charge in [-0.05, 0) is 43.5 Å². The van der Waals surface area contributed by atoms with Gasteiger partial charge in [-0.3, -0.25) is 0 Å². The Morgan fingerprint density at radius 3 is 2.87 bits per heavy atom. The lowest BCUT2D eigenvalue weighted by Gasteiger charge is -2.06. The number of hydrogen-bond acceptors (Lipinski definition) is 2. The molecule has 78 valence electrons. The Hall–Kier alpha value is -1.75. The minimum absolute atomic E-state index is 0.747. The van der Waals surface area contributed by atoms with Crippen LogP contribution in [0.4, 0.5) is 0 Å². The molecule has 0 saturated heterocycles. The van der Waals surface area contributed by atoms with Gasteiger partial charge in [0.1, 0.15) is 5.75 Å². The average Bonchev–Trinajstić information content (AvgIpc) is 2.27. The first-order chi connectivity index (χ1) is 7.17. The zero-order valence-electron chi connectivity index (χ0n) is 9.37. The van der Waals surface area contributed by atoms with Crippen molar-refractivity contribution in [3.8, 4) is 11.8 Å². The van der Waals surface area contributed by atoms with Gasteiger partial charge in [-0.2, -0.15) is 5.26 Å². The summed E-state index contributed by atoms with van der Waals surface area (Å²) in [7, 11) is 1.66. The second-order valence-electron chi connectivity index (χ2n) is 3.50. The Labute approximate surface area is 90.8 Å². The molecule has 2 heteroatoms. The molecule has 0 radical (unpaired) electrons. The fourth-order valence-electron chi connectivity index (χ4n) is 1.30. The van der Waals surface area contributed by atoms with Gasteiger partial charge in [0.2, 0.25) is 0 Å². The summed E-state index contributed by atoms with van der Waals surface area (Å²) >= 11 is 0. The lowest BCUT2D eigenvalue weighted by molar-refractivity contribution is 0.414. The molecule has 0 spiro atoms. The number of hydrogen-bond donors (Lipinski definition) is 0. The van der Waals surface area contributed by atoms with Crippen molar-refractivity contribution in [3.05, 3.63) is 41.0 Å². The number of rotatable bonds is 3. The molecule has 1 aromatic rings. The van der Waals surface area contributed by atoms with E-state index in [2.05, 4.69) is 13.0 Å². The molecule has 0 saturated carbocycles. The summed E-state index contributed by atoms with van der Waals surface area (Å²) in [4.78, 5) is 0. The van der Waals surface area contributed by atoms with Gasteiger partial charge in [-0.1, -0.05) is 12.1 Å². The lowest BCUT2D eigenvalue weighted by Crippen LogP contribution is -1.90. The number of ether oxygens (including phenoxy) is 1. The quantitative estimate of drug-likeness (QED) is 0.704. The van der Waals surface area contributed by atoms with E-state index in [0.29, 0.717) is 0 Å². The predicted molar refractivity (Wildman–Crippen MR) is 60.8 cm³/mol. The Kier molecular flexibility index (Phi) is 3.93. The van der Waals surface area contributed by atoms with Crippen LogP contribution in [-0.2, 0) is 6.42 Å². The molecule has 0 aromatic heterocycles. The largest absolute Gasteiger partial charge is 0.497 e. The summed E-state index contributed by atoms with van der Waals surface area (Å²) in [6, 6.07) is 8.10. The van der Waals surface area contributed by atoms with Crippen LogP contribution in [0, 0.1) is 18.3 Å². The molecule has 2 nitrogen and oxygen atoms in total. The van der Waals surface area contributed by atoms with Crippen LogP contribution >= 0.6 is 0 Å². The summed E-state index contributed by atoms with van der Waals surface area (Å²) < 4.78 is 5.16. The molecule has 0 fully saturated rings. The molecule has 0 aliphatic rings. The van der Waals surface area contributed by atoms with Crippen molar-refractivity contribution in [3.63, 3.8) is 0 Å². The van der Waals surface area contributed by atoms with Crippen molar-refractivity contribution in [2.24, 2.45) is 0 Å². The molecule has 1 aromatic carbocycles. The van der Waals surface area contributed by atoms with Crippen LogP contribution < -0.4 is 4.74 Å². The number of benzene rings is 1. The van der Waals surface area contributed by atoms with Crippen molar-refractivity contribution in [2.75, 3.05) is 7.11 Å². The van der Waals surface area contributed by atoms with E-state index in [0.717, 1.165) is 17.7 Å². The summed E-state index contributed by atoms with van der Waals surface area (Å²) in [6.07, 6.45) is 2.71. The maximum absolute atomic E-state index is 8.64. The standard InChI is InChI=1S/C13H15NO/c1-10(9-14)4-6-12-8-13(15-3)7-5-11(12)2/h4-5,7-8H,6H2,1-3H3/b10-4-.